The third-order valence-corrected chi connectivity index (χ3v) is 5.47. The third kappa shape index (κ3) is 4.07. The van der Waals surface area contributed by atoms with Gasteiger partial charge in [0.15, 0.2) is 14.3 Å². The van der Waals surface area contributed by atoms with Crippen LogP contribution in [-0.4, -0.2) is 37.5 Å². The van der Waals surface area contributed by atoms with Gasteiger partial charge in [-0.1, -0.05) is 50.0 Å². The minimum absolute atomic E-state index is 0.0918. The van der Waals surface area contributed by atoms with Crippen molar-refractivity contribution in [3.63, 3.8) is 0 Å². The molecule has 1 aromatic rings. The summed E-state index contributed by atoms with van der Waals surface area (Å²) in [6.45, 7) is 7.10. The van der Waals surface area contributed by atoms with E-state index in [2.05, 4.69) is 19.6 Å². The second kappa shape index (κ2) is 6.30. The number of rotatable bonds is 4. The molecule has 21 heavy (non-hydrogen) atoms. The van der Waals surface area contributed by atoms with E-state index in [1.807, 2.05) is 34.9 Å². The van der Waals surface area contributed by atoms with Crippen LogP contribution in [0.25, 0.3) is 0 Å². The molecule has 0 unspecified atom stereocenters. The van der Waals surface area contributed by atoms with Crippen molar-refractivity contribution in [1.29, 1.82) is 0 Å². The molecule has 0 aromatic heterocycles. The van der Waals surface area contributed by atoms with Gasteiger partial charge in [0, 0.05) is 13.0 Å². The highest BCUT2D eigenvalue weighted by Crippen LogP contribution is 2.22. The van der Waals surface area contributed by atoms with E-state index in [4.69, 9.17) is 9.47 Å². The predicted molar refractivity (Wildman–Crippen MR) is 81.2 cm³/mol. The van der Waals surface area contributed by atoms with Crippen molar-refractivity contribution in [2.24, 2.45) is 0 Å². The van der Waals surface area contributed by atoms with E-state index in [9.17, 15) is 9.59 Å². The summed E-state index contributed by atoms with van der Waals surface area (Å²) < 4.78 is 12.0. The fourth-order valence-electron chi connectivity index (χ4n) is 2.30. The highest BCUT2D eigenvalue weighted by Gasteiger charge is 2.40. The smallest absolute Gasteiger partial charge is 0.429 e. The van der Waals surface area contributed by atoms with Crippen LogP contribution in [0.3, 0.4) is 0 Å². The molecule has 1 aliphatic heterocycles. The zero-order chi connectivity index (χ0) is 15.5. The number of carbonyl (C=O) groups excluding carboxylic acids is 2. The maximum atomic E-state index is 12.2. The quantitative estimate of drug-likeness (QED) is 0.634. The molecule has 1 saturated heterocycles. The van der Waals surface area contributed by atoms with Crippen molar-refractivity contribution in [3.8, 4) is 0 Å². The zero-order valence-corrected chi connectivity index (χ0v) is 13.7. The Morgan fingerprint density at radius 3 is 2.52 bits per heavy atom. The molecule has 0 bridgehead atoms. The van der Waals surface area contributed by atoms with Crippen LogP contribution in [0.1, 0.15) is 12.0 Å². The molecule has 1 amide bonds. The number of hydrogen-bond donors (Lipinski definition) is 0. The van der Waals surface area contributed by atoms with Crippen LogP contribution in [-0.2, 0) is 20.9 Å². The van der Waals surface area contributed by atoms with Gasteiger partial charge in [-0.3, -0.25) is 4.79 Å². The number of hydrogen-bond acceptors (Lipinski definition) is 4. The second-order valence-corrected chi connectivity index (χ2v) is 11.0. The second-order valence-electron chi connectivity index (χ2n) is 6.08. The van der Waals surface area contributed by atoms with Gasteiger partial charge < -0.3 is 14.0 Å². The predicted octanol–water partition coefficient (Wildman–Crippen LogP) is 2.78. The molecule has 6 heteroatoms. The monoisotopic (exact) mass is 307 g/mol. The van der Waals surface area contributed by atoms with Gasteiger partial charge in [0.25, 0.3) is 5.91 Å². The standard InChI is InChI=1S/C15H21NO4Si/c1-21(2,3)16-10-9-13(14(16)17)20-15(18)19-11-12-7-5-4-6-8-12/h4-8,13H,9-11H2,1-3H3/t13-/m0/s1. The number of ether oxygens (including phenoxy) is 2. The van der Waals surface area contributed by atoms with Gasteiger partial charge in [-0.2, -0.15) is 0 Å². The van der Waals surface area contributed by atoms with Crippen LogP contribution in [0.4, 0.5) is 4.79 Å². The van der Waals surface area contributed by atoms with Crippen LogP contribution < -0.4 is 0 Å². The van der Waals surface area contributed by atoms with Gasteiger partial charge in [0.2, 0.25) is 0 Å². The first-order valence-electron chi connectivity index (χ1n) is 7.07. The number of carbonyl (C=O) groups is 2. The average Bonchev–Trinajstić information content (AvgIpc) is 2.79. The lowest BCUT2D eigenvalue weighted by molar-refractivity contribution is -0.132. The van der Waals surface area contributed by atoms with Crippen LogP contribution in [0.15, 0.2) is 30.3 Å². The van der Waals surface area contributed by atoms with E-state index >= 15 is 0 Å². The maximum Gasteiger partial charge on any atom is 0.509 e. The molecule has 0 N–H and O–H groups in total. The van der Waals surface area contributed by atoms with E-state index in [-0.39, 0.29) is 12.5 Å². The van der Waals surface area contributed by atoms with E-state index in [0.29, 0.717) is 13.0 Å². The SMILES string of the molecule is C[Si](C)(C)N1CC[C@H](OC(=O)OCc2ccccc2)C1=O. The fourth-order valence-corrected chi connectivity index (χ4v) is 3.90. The van der Waals surface area contributed by atoms with E-state index in [1.54, 1.807) is 0 Å². The van der Waals surface area contributed by atoms with Gasteiger partial charge >= 0.3 is 6.16 Å². The highest BCUT2D eigenvalue weighted by atomic mass is 28.3. The molecule has 114 valence electrons. The summed E-state index contributed by atoms with van der Waals surface area (Å²) in [6.07, 6.45) is -0.932. The Kier molecular flexibility index (Phi) is 4.67. The molecular weight excluding hydrogens is 286 g/mol. The zero-order valence-electron chi connectivity index (χ0n) is 12.7. The molecule has 0 spiro atoms. The van der Waals surface area contributed by atoms with Gasteiger partial charge in [-0.05, 0) is 5.56 Å². The summed E-state index contributed by atoms with van der Waals surface area (Å²) in [5, 5.41) is 0. The maximum absolute atomic E-state index is 12.2. The Labute approximate surface area is 125 Å². The van der Waals surface area contributed by atoms with E-state index in [0.717, 1.165) is 5.56 Å². The Morgan fingerprint density at radius 2 is 1.95 bits per heavy atom. The van der Waals surface area contributed by atoms with Crippen molar-refractivity contribution in [1.82, 2.24) is 4.57 Å². The summed E-state index contributed by atoms with van der Waals surface area (Å²) in [6, 6.07) is 9.36. The molecule has 1 atom stereocenters. The first-order chi connectivity index (χ1) is 9.88. The minimum Gasteiger partial charge on any atom is -0.429 e. The lowest BCUT2D eigenvalue weighted by Crippen LogP contribution is -2.48. The van der Waals surface area contributed by atoms with Gasteiger partial charge in [0.1, 0.15) is 6.61 Å². The van der Waals surface area contributed by atoms with E-state index in [1.165, 1.54) is 0 Å². The van der Waals surface area contributed by atoms with Gasteiger partial charge in [0.05, 0.1) is 0 Å². The first kappa shape index (κ1) is 15.6. The van der Waals surface area contributed by atoms with Crippen LogP contribution >= 0.6 is 0 Å². The van der Waals surface area contributed by atoms with Crippen molar-refractivity contribution in [2.75, 3.05) is 6.54 Å². The minimum atomic E-state index is -1.70. The molecule has 1 aromatic carbocycles. The molecule has 1 fully saturated rings. The molecule has 2 rings (SSSR count). The van der Waals surface area contributed by atoms with Crippen molar-refractivity contribution in [3.05, 3.63) is 35.9 Å². The fraction of sp³-hybridized carbons (Fsp3) is 0.467. The van der Waals surface area contributed by atoms with Crippen molar-refractivity contribution >= 4 is 20.3 Å². The van der Waals surface area contributed by atoms with Gasteiger partial charge in [-0.25, -0.2) is 4.79 Å². The third-order valence-electron chi connectivity index (χ3n) is 3.40. The Balaban J connectivity index is 1.82. The number of amides is 1. The van der Waals surface area contributed by atoms with Gasteiger partial charge in [-0.15, -0.1) is 0 Å². The summed E-state index contributed by atoms with van der Waals surface area (Å²) in [4.78, 5) is 23.9. The summed E-state index contributed by atoms with van der Waals surface area (Å²) in [7, 11) is -1.70. The summed E-state index contributed by atoms with van der Waals surface area (Å²) in [5.41, 5.74) is 0.885. The largest absolute Gasteiger partial charge is 0.509 e. The molecular formula is C15H21NO4Si. The molecule has 1 aliphatic rings. The van der Waals surface area contributed by atoms with E-state index < -0.39 is 20.5 Å². The average molecular weight is 307 g/mol. The topological polar surface area (TPSA) is 55.8 Å². The molecule has 0 radical (unpaired) electrons. The lowest BCUT2D eigenvalue weighted by atomic mass is 10.2. The molecule has 5 nitrogen and oxygen atoms in total. The lowest BCUT2D eigenvalue weighted by Gasteiger charge is -2.29. The summed E-state index contributed by atoms with van der Waals surface area (Å²) >= 11 is 0. The summed E-state index contributed by atoms with van der Waals surface area (Å²) in [5.74, 6) is -0.0918. The Hall–Kier alpha value is -1.82. The van der Waals surface area contributed by atoms with Crippen LogP contribution in [0.2, 0.25) is 19.6 Å². The first-order valence-corrected chi connectivity index (χ1v) is 10.5. The Bertz CT molecular complexity index is 512. The van der Waals surface area contributed by atoms with Crippen molar-refractivity contribution in [2.45, 2.75) is 38.8 Å². The normalized spacial score (nSPS) is 18.7. The molecule has 0 aliphatic carbocycles. The number of nitrogens with zero attached hydrogens (tertiary/aromatic N) is 1. The highest BCUT2D eigenvalue weighted by molar-refractivity contribution is 6.75. The molecule has 1 heterocycles. The molecule has 0 saturated carbocycles. The Morgan fingerprint density at radius 1 is 1.29 bits per heavy atom. The van der Waals surface area contributed by atoms with Crippen LogP contribution in [0.5, 0.6) is 0 Å². The van der Waals surface area contributed by atoms with Crippen molar-refractivity contribution < 1.29 is 19.1 Å². The van der Waals surface area contributed by atoms with Crippen LogP contribution in [0, 0.1) is 0 Å². The number of benzene rings is 1.